The van der Waals surface area contributed by atoms with Crippen LogP contribution in [0.4, 0.5) is 15.8 Å². The van der Waals surface area contributed by atoms with E-state index in [4.69, 9.17) is 16.2 Å². The van der Waals surface area contributed by atoms with Crippen LogP contribution in [0, 0.1) is 11.7 Å². The van der Waals surface area contributed by atoms with Crippen LogP contribution in [0.1, 0.15) is 49.5 Å². The van der Waals surface area contributed by atoms with Gasteiger partial charge in [0.2, 0.25) is 5.43 Å². The summed E-state index contributed by atoms with van der Waals surface area (Å²) in [4.78, 5) is 26.4. The van der Waals surface area contributed by atoms with Gasteiger partial charge < -0.3 is 30.8 Å². The first-order valence-corrected chi connectivity index (χ1v) is 10.1. The van der Waals surface area contributed by atoms with Crippen molar-refractivity contribution in [2.75, 3.05) is 30.8 Å². The van der Waals surface area contributed by atoms with Crippen LogP contribution in [0.3, 0.4) is 0 Å². The molecular formula is C21H27FN4O4. The smallest absolute Gasteiger partial charge is 0.341 e. The van der Waals surface area contributed by atoms with Crippen molar-refractivity contribution in [3.63, 3.8) is 0 Å². The molecule has 8 nitrogen and oxygen atoms in total. The molecule has 2 fully saturated rings. The molecule has 9 heteroatoms. The second-order valence-corrected chi connectivity index (χ2v) is 8.90. The van der Waals surface area contributed by atoms with E-state index in [0.717, 1.165) is 19.3 Å². The SMILES string of the molecule is COc1c(N2CCC(C(C)(C)N)C2)c(F)c(N)c2c(=O)c(C(=O)O)cn(C3CC3)c12. The number of carboxylic acid groups (broad SMARTS) is 1. The van der Waals surface area contributed by atoms with E-state index >= 15 is 4.39 Å². The van der Waals surface area contributed by atoms with Gasteiger partial charge in [-0.2, -0.15) is 0 Å². The summed E-state index contributed by atoms with van der Waals surface area (Å²) in [5.74, 6) is -1.78. The first kappa shape index (κ1) is 20.5. The second-order valence-electron chi connectivity index (χ2n) is 8.90. The first-order chi connectivity index (χ1) is 14.1. The summed E-state index contributed by atoms with van der Waals surface area (Å²) in [5.41, 5.74) is 10.9. The lowest BCUT2D eigenvalue weighted by Gasteiger charge is -2.29. The van der Waals surface area contributed by atoms with E-state index in [1.54, 1.807) is 4.57 Å². The van der Waals surface area contributed by atoms with Gasteiger partial charge in [0.15, 0.2) is 11.6 Å². The van der Waals surface area contributed by atoms with Gasteiger partial charge >= 0.3 is 5.97 Å². The van der Waals surface area contributed by atoms with Gasteiger partial charge in [-0.25, -0.2) is 9.18 Å². The molecule has 1 aliphatic carbocycles. The number of carbonyl (C=O) groups is 1. The number of ether oxygens (including phenoxy) is 1. The van der Waals surface area contributed by atoms with Crippen LogP contribution in [0.5, 0.6) is 5.75 Å². The normalized spacial score (nSPS) is 19.5. The van der Waals surface area contributed by atoms with Crippen LogP contribution in [-0.2, 0) is 0 Å². The number of hydrogen-bond acceptors (Lipinski definition) is 6. The number of pyridine rings is 1. The van der Waals surface area contributed by atoms with Crippen molar-refractivity contribution in [2.45, 2.75) is 44.7 Å². The van der Waals surface area contributed by atoms with Crippen molar-refractivity contribution in [2.24, 2.45) is 11.7 Å². The third kappa shape index (κ3) is 3.08. The molecule has 2 heterocycles. The number of aromatic carboxylic acids is 1. The monoisotopic (exact) mass is 418 g/mol. The summed E-state index contributed by atoms with van der Waals surface area (Å²) in [6, 6.07) is 0.0205. The maximum atomic E-state index is 15.5. The molecule has 0 radical (unpaired) electrons. The number of anilines is 2. The summed E-state index contributed by atoms with van der Waals surface area (Å²) in [7, 11) is 1.42. The zero-order valence-electron chi connectivity index (χ0n) is 17.4. The second kappa shape index (κ2) is 6.87. The van der Waals surface area contributed by atoms with Crippen LogP contribution in [-0.4, -0.2) is 41.4 Å². The largest absolute Gasteiger partial charge is 0.492 e. The molecule has 162 valence electrons. The first-order valence-electron chi connectivity index (χ1n) is 10.1. The summed E-state index contributed by atoms with van der Waals surface area (Å²) in [6.45, 7) is 5.00. The molecule has 1 saturated heterocycles. The van der Waals surface area contributed by atoms with E-state index in [9.17, 15) is 14.7 Å². The Balaban J connectivity index is 2.01. The van der Waals surface area contributed by atoms with E-state index in [2.05, 4.69) is 0 Å². The van der Waals surface area contributed by atoms with E-state index in [1.807, 2.05) is 18.7 Å². The van der Waals surface area contributed by atoms with E-state index in [0.29, 0.717) is 18.6 Å². The quantitative estimate of drug-likeness (QED) is 0.637. The lowest BCUT2D eigenvalue weighted by molar-refractivity contribution is 0.0695. The molecule has 1 saturated carbocycles. The van der Waals surface area contributed by atoms with Crippen molar-refractivity contribution in [3.8, 4) is 5.75 Å². The van der Waals surface area contributed by atoms with Crippen LogP contribution in [0.25, 0.3) is 10.9 Å². The van der Waals surface area contributed by atoms with Crippen molar-refractivity contribution in [1.29, 1.82) is 0 Å². The fourth-order valence-electron chi connectivity index (χ4n) is 4.40. The summed E-state index contributed by atoms with van der Waals surface area (Å²) in [6.07, 6.45) is 3.78. The molecule has 1 aliphatic heterocycles. The highest BCUT2D eigenvalue weighted by Crippen LogP contribution is 2.47. The maximum Gasteiger partial charge on any atom is 0.341 e. The third-order valence-corrected chi connectivity index (χ3v) is 6.31. The molecule has 5 N–H and O–H groups in total. The number of hydrogen-bond donors (Lipinski definition) is 3. The Labute approximate surface area is 173 Å². The van der Waals surface area contributed by atoms with Crippen LogP contribution in [0.2, 0.25) is 0 Å². The van der Waals surface area contributed by atoms with Gasteiger partial charge in [0.05, 0.1) is 23.7 Å². The predicted octanol–water partition coefficient (Wildman–Crippen LogP) is 2.33. The number of nitrogens with two attached hydrogens (primary N) is 2. The van der Waals surface area contributed by atoms with Gasteiger partial charge in [0.1, 0.15) is 11.3 Å². The van der Waals surface area contributed by atoms with E-state index in [1.165, 1.54) is 13.3 Å². The molecule has 1 atom stereocenters. The Kier molecular flexibility index (Phi) is 4.68. The maximum absolute atomic E-state index is 15.5. The average Bonchev–Trinajstić information content (AvgIpc) is 3.38. The molecular weight excluding hydrogens is 391 g/mol. The molecule has 1 aromatic carbocycles. The number of methoxy groups -OCH3 is 1. The number of benzene rings is 1. The lowest BCUT2D eigenvalue weighted by atomic mass is 9.88. The molecule has 1 aromatic heterocycles. The van der Waals surface area contributed by atoms with Gasteiger partial charge in [-0.1, -0.05) is 0 Å². The molecule has 1 unspecified atom stereocenters. The van der Waals surface area contributed by atoms with Crippen molar-refractivity contribution in [1.82, 2.24) is 4.57 Å². The molecule has 4 rings (SSSR count). The number of halogens is 1. The van der Waals surface area contributed by atoms with Crippen molar-refractivity contribution in [3.05, 3.63) is 27.8 Å². The van der Waals surface area contributed by atoms with Gasteiger partial charge in [-0.15, -0.1) is 0 Å². The number of nitrogen functional groups attached to an aromatic ring is 1. The molecule has 2 aliphatic rings. The topological polar surface area (TPSA) is 124 Å². The van der Waals surface area contributed by atoms with Gasteiger partial charge in [0.25, 0.3) is 0 Å². The molecule has 0 spiro atoms. The molecule has 0 bridgehead atoms. The average molecular weight is 418 g/mol. The van der Waals surface area contributed by atoms with Crippen LogP contribution < -0.4 is 26.5 Å². The number of fused-ring (bicyclic) bond motifs is 1. The Morgan fingerprint density at radius 2 is 2.00 bits per heavy atom. The minimum atomic E-state index is -1.37. The van der Waals surface area contributed by atoms with E-state index < -0.39 is 28.3 Å². The fourth-order valence-corrected chi connectivity index (χ4v) is 4.40. The Morgan fingerprint density at radius 3 is 2.50 bits per heavy atom. The fraction of sp³-hybridized carbons (Fsp3) is 0.524. The Hall–Kier alpha value is -2.81. The number of nitrogens with zero attached hydrogens (tertiary/aromatic N) is 2. The van der Waals surface area contributed by atoms with Gasteiger partial charge in [-0.05, 0) is 39.0 Å². The standard InChI is InChI=1S/C21H27FN4O4/c1-21(2,24)10-6-7-25(8-10)17-14(22)15(23)13-16(19(17)30-3)26(11-4-5-11)9-12(18(13)27)20(28)29/h9-11H,4-8,23-24H2,1-3H3,(H,28,29). The van der Waals surface area contributed by atoms with Crippen molar-refractivity contribution >= 4 is 28.2 Å². The minimum Gasteiger partial charge on any atom is -0.492 e. The highest BCUT2D eigenvalue weighted by atomic mass is 19.1. The zero-order chi connectivity index (χ0) is 22.0. The summed E-state index contributed by atoms with van der Waals surface area (Å²) in [5, 5.41) is 9.33. The zero-order valence-corrected chi connectivity index (χ0v) is 17.4. The minimum absolute atomic E-state index is 0.0205. The highest BCUT2D eigenvalue weighted by molar-refractivity contribution is 6.03. The van der Waals surface area contributed by atoms with Crippen molar-refractivity contribution < 1.29 is 19.0 Å². The molecule has 0 amide bonds. The molecule has 2 aromatic rings. The number of rotatable bonds is 5. The summed E-state index contributed by atoms with van der Waals surface area (Å²) < 4.78 is 22.9. The van der Waals surface area contributed by atoms with Crippen LogP contribution >= 0.6 is 0 Å². The van der Waals surface area contributed by atoms with Gasteiger partial charge in [-0.3, -0.25) is 4.79 Å². The van der Waals surface area contributed by atoms with E-state index in [-0.39, 0.29) is 34.5 Å². The van der Waals surface area contributed by atoms with Gasteiger partial charge in [0, 0.05) is 30.9 Å². The third-order valence-electron chi connectivity index (χ3n) is 6.31. The predicted molar refractivity (Wildman–Crippen MR) is 113 cm³/mol. The Morgan fingerprint density at radius 1 is 1.33 bits per heavy atom. The highest BCUT2D eigenvalue weighted by Gasteiger charge is 2.37. The Bertz CT molecular complexity index is 1100. The molecule has 30 heavy (non-hydrogen) atoms. The number of carboxylic acids is 1. The summed E-state index contributed by atoms with van der Waals surface area (Å²) >= 11 is 0. The number of aromatic nitrogens is 1. The lowest BCUT2D eigenvalue weighted by Crippen LogP contribution is -2.42. The van der Waals surface area contributed by atoms with Crippen LogP contribution in [0.15, 0.2) is 11.0 Å².